The molecule has 0 amide bonds. The standard InChI is InChI=1S/C11H23.CH2O3.Li/c1-3-5-7-9-11-10-8-6-4-2;2-1(3)4;/h1,3-11H2,2H3;(H2,2,3,4);/q-1;;+1. The summed E-state index contributed by atoms with van der Waals surface area (Å²) in [6, 6.07) is 0. The Labute approximate surface area is 112 Å². The fraction of sp³-hybridized carbons (Fsp3) is 0.833. The molecule has 0 heterocycles. The van der Waals surface area contributed by atoms with Gasteiger partial charge in [-0.2, -0.15) is 6.42 Å². The molecule has 0 fully saturated rings. The Morgan fingerprint density at radius 3 is 1.56 bits per heavy atom. The summed E-state index contributed by atoms with van der Waals surface area (Å²) in [4.78, 5) is 8.56. The minimum Gasteiger partial charge on any atom is -0.450 e. The van der Waals surface area contributed by atoms with Gasteiger partial charge in [-0.3, -0.25) is 0 Å². The van der Waals surface area contributed by atoms with Crippen LogP contribution in [0.1, 0.15) is 64.7 Å². The van der Waals surface area contributed by atoms with E-state index in [1.807, 2.05) is 0 Å². The van der Waals surface area contributed by atoms with Gasteiger partial charge in [-0.1, -0.05) is 58.3 Å². The van der Waals surface area contributed by atoms with Crippen LogP contribution in [0.2, 0.25) is 0 Å². The van der Waals surface area contributed by atoms with Crippen molar-refractivity contribution in [1.82, 2.24) is 0 Å². The molecule has 0 unspecified atom stereocenters. The van der Waals surface area contributed by atoms with Crippen molar-refractivity contribution in [2.45, 2.75) is 64.7 Å². The van der Waals surface area contributed by atoms with Crippen LogP contribution in [0.4, 0.5) is 4.79 Å². The van der Waals surface area contributed by atoms with Gasteiger partial charge in [-0.25, -0.2) is 4.79 Å². The van der Waals surface area contributed by atoms with Gasteiger partial charge < -0.3 is 17.1 Å². The van der Waals surface area contributed by atoms with E-state index in [9.17, 15) is 0 Å². The van der Waals surface area contributed by atoms with E-state index in [-0.39, 0.29) is 18.9 Å². The summed E-state index contributed by atoms with van der Waals surface area (Å²) < 4.78 is 0. The fourth-order valence-corrected chi connectivity index (χ4v) is 1.31. The molecule has 0 aromatic rings. The average molecular weight is 224 g/mol. The number of carboxylic acid groups (broad SMARTS) is 2. The van der Waals surface area contributed by atoms with Crippen molar-refractivity contribution in [3.8, 4) is 0 Å². The molecule has 16 heavy (non-hydrogen) atoms. The molecule has 2 N–H and O–H groups in total. The molecular weight excluding hydrogens is 199 g/mol. The maximum absolute atomic E-state index is 8.56. The zero-order valence-corrected chi connectivity index (χ0v) is 10.9. The smallest absolute Gasteiger partial charge is 0.450 e. The number of rotatable bonds is 8. The Kier molecular flexibility index (Phi) is 26.9. The number of carbonyl (C=O) groups is 1. The number of unbranched alkanes of at least 4 members (excludes halogenated alkanes) is 8. The predicted molar refractivity (Wildman–Crippen MR) is 63.2 cm³/mol. The summed E-state index contributed by atoms with van der Waals surface area (Å²) in [6.07, 6.45) is 10.6. The minimum atomic E-state index is -1.83. The van der Waals surface area contributed by atoms with E-state index in [2.05, 4.69) is 13.8 Å². The third-order valence-electron chi connectivity index (χ3n) is 2.10. The van der Waals surface area contributed by atoms with Crippen LogP contribution in [0.3, 0.4) is 0 Å². The van der Waals surface area contributed by atoms with Crippen molar-refractivity contribution in [2.75, 3.05) is 0 Å². The van der Waals surface area contributed by atoms with Crippen molar-refractivity contribution in [2.24, 2.45) is 0 Å². The Morgan fingerprint density at radius 1 is 0.938 bits per heavy atom. The van der Waals surface area contributed by atoms with Crippen LogP contribution in [0.5, 0.6) is 0 Å². The van der Waals surface area contributed by atoms with E-state index in [0.29, 0.717) is 0 Å². The zero-order valence-electron chi connectivity index (χ0n) is 10.9. The van der Waals surface area contributed by atoms with Gasteiger partial charge in [0.05, 0.1) is 0 Å². The summed E-state index contributed by atoms with van der Waals surface area (Å²) in [5.41, 5.74) is 0. The van der Waals surface area contributed by atoms with Crippen molar-refractivity contribution >= 4 is 6.16 Å². The molecule has 0 aliphatic carbocycles. The first-order chi connectivity index (χ1) is 7.15. The first-order valence-corrected chi connectivity index (χ1v) is 5.86. The molecule has 0 aliphatic rings. The van der Waals surface area contributed by atoms with Gasteiger partial charge in [0.2, 0.25) is 0 Å². The van der Waals surface area contributed by atoms with Crippen LogP contribution in [0.15, 0.2) is 0 Å². The van der Waals surface area contributed by atoms with Crippen LogP contribution in [-0.2, 0) is 0 Å². The van der Waals surface area contributed by atoms with Gasteiger partial charge in [0.15, 0.2) is 0 Å². The predicted octanol–water partition coefficient (Wildman–Crippen LogP) is 1.58. The quantitative estimate of drug-likeness (QED) is 0.374. The van der Waals surface area contributed by atoms with E-state index in [1.54, 1.807) is 0 Å². The Hall–Kier alpha value is -0.133. The van der Waals surface area contributed by atoms with E-state index >= 15 is 0 Å². The first-order valence-electron chi connectivity index (χ1n) is 5.86. The van der Waals surface area contributed by atoms with Gasteiger partial charge in [-0.15, -0.1) is 0 Å². The summed E-state index contributed by atoms with van der Waals surface area (Å²) in [5, 5.41) is 13.9. The Bertz CT molecular complexity index is 117. The number of hydrogen-bond donors (Lipinski definition) is 2. The molecule has 0 saturated heterocycles. The molecular formula is C12H25LiO3. The van der Waals surface area contributed by atoms with Gasteiger partial charge in [0, 0.05) is 0 Å². The zero-order chi connectivity index (χ0) is 11.9. The Morgan fingerprint density at radius 2 is 1.25 bits per heavy atom. The molecule has 0 aromatic carbocycles. The third kappa shape index (κ3) is 37.1. The van der Waals surface area contributed by atoms with Crippen LogP contribution < -0.4 is 18.9 Å². The normalized spacial score (nSPS) is 8.62. The molecule has 0 atom stereocenters. The van der Waals surface area contributed by atoms with Gasteiger partial charge >= 0.3 is 25.0 Å². The second kappa shape index (κ2) is 20.3. The van der Waals surface area contributed by atoms with Crippen molar-refractivity contribution in [1.29, 1.82) is 0 Å². The van der Waals surface area contributed by atoms with Gasteiger partial charge in [0.1, 0.15) is 0 Å². The summed E-state index contributed by atoms with van der Waals surface area (Å²) >= 11 is 0. The van der Waals surface area contributed by atoms with E-state index in [0.717, 1.165) is 6.42 Å². The van der Waals surface area contributed by atoms with Crippen LogP contribution >= 0.6 is 0 Å². The third-order valence-corrected chi connectivity index (χ3v) is 2.10. The van der Waals surface area contributed by atoms with Crippen LogP contribution in [0, 0.1) is 6.92 Å². The van der Waals surface area contributed by atoms with Crippen molar-refractivity contribution < 1.29 is 33.9 Å². The molecule has 0 saturated carbocycles. The molecule has 4 heteroatoms. The van der Waals surface area contributed by atoms with E-state index in [1.165, 1.54) is 51.4 Å². The summed E-state index contributed by atoms with van der Waals surface area (Å²) in [7, 11) is 0. The average Bonchev–Trinajstić information content (AvgIpc) is 2.16. The van der Waals surface area contributed by atoms with Gasteiger partial charge in [0.25, 0.3) is 0 Å². The van der Waals surface area contributed by atoms with Crippen molar-refractivity contribution in [3.05, 3.63) is 6.92 Å². The van der Waals surface area contributed by atoms with Crippen LogP contribution in [0.25, 0.3) is 0 Å². The molecule has 0 aromatic heterocycles. The SMILES string of the molecule is O=C(O)O.[CH2-]CCCCCCCCCC.[Li+]. The Balaban J connectivity index is -0.000000292. The molecule has 0 spiro atoms. The molecule has 0 radical (unpaired) electrons. The summed E-state index contributed by atoms with van der Waals surface area (Å²) in [5.74, 6) is 0. The van der Waals surface area contributed by atoms with Gasteiger partial charge in [-0.05, 0) is 0 Å². The first kappa shape index (κ1) is 21.2. The maximum Gasteiger partial charge on any atom is 1.00 e. The fourth-order valence-electron chi connectivity index (χ4n) is 1.31. The van der Waals surface area contributed by atoms with E-state index in [4.69, 9.17) is 15.0 Å². The molecule has 0 bridgehead atoms. The monoisotopic (exact) mass is 224 g/mol. The van der Waals surface area contributed by atoms with Crippen LogP contribution in [-0.4, -0.2) is 16.4 Å². The van der Waals surface area contributed by atoms with E-state index < -0.39 is 6.16 Å². The second-order valence-electron chi connectivity index (χ2n) is 3.61. The molecule has 0 aliphatic heterocycles. The second-order valence-corrected chi connectivity index (χ2v) is 3.61. The molecule has 3 nitrogen and oxygen atoms in total. The maximum atomic E-state index is 8.56. The molecule has 92 valence electrons. The minimum absolute atomic E-state index is 0. The number of hydrogen-bond acceptors (Lipinski definition) is 1. The van der Waals surface area contributed by atoms with Crippen molar-refractivity contribution in [3.63, 3.8) is 0 Å². The summed E-state index contributed by atoms with van der Waals surface area (Å²) in [6.45, 7) is 6.10. The largest absolute Gasteiger partial charge is 1.00 e. The topological polar surface area (TPSA) is 57.5 Å². The molecule has 0 rings (SSSR count).